The number of carbonyl (C=O) groups is 3. The van der Waals surface area contributed by atoms with E-state index < -0.39 is 24.1 Å². The summed E-state index contributed by atoms with van der Waals surface area (Å²) in [7, 11) is 0. The molecule has 6 nitrogen and oxygen atoms in total. The average molecular weight is 269 g/mol. The van der Waals surface area contributed by atoms with E-state index in [1.54, 1.807) is 0 Å². The lowest BCUT2D eigenvalue weighted by Crippen LogP contribution is -2.44. The van der Waals surface area contributed by atoms with Crippen molar-refractivity contribution in [1.29, 1.82) is 0 Å². The number of rotatable bonds is 3. The maximum Gasteiger partial charge on any atom is 0.338 e. The minimum Gasteiger partial charge on any atom is -0.453 e. The topological polar surface area (TPSA) is 83.9 Å². The SMILES string of the molecule is O=C1CCCN1C(=O)COC(=O)C1(O)CCCCC1. The van der Waals surface area contributed by atoms with Crippen molar-refractivity contribution in [3.8, 4) is 0 Å². The number of amides is 2. The molecule has 6 heteroatoms. The summed E-state index contributed by atoms with van der Waals surface area (Å²) in [6.45, 7) is -0.0770. The lowest BCUT2D eigenvalue weighted by Gasteiger charge is -2.29. The first kappa shape index (κ1) is 14.0. The smallest absolute Gasteiger partial charge is 0.338 e. The Bertz CT molecular complexity index is 386. The second kappa shape index (κ2) is 5.69. The summed E-state index contributed by atoms with van der Waals surface area (Å²) in [5.74, 6) is -1.47. The van der Waals surface area contributed by atoms with Crippen LogP contribution >= 0.6 is 0 Å². The zero-order valence-corrected chi connectivity index (χ0v) is 10.9. The van der Waals surface area contributed by atoms with Crippen molar-refractivity contribution in [3.63, 3.8) is 0 Å². The summed E-state index contributed by atoms with van der Waals surface area (Å²) in [4.78, 5) is 35.9. The molecule has 0 aromatic rings. The van der Waals surface area contributed by atoms with Crippen LogP contribution in [0.15, 0.2) is 0 Å². The first-order valence-corrected chi connectivity index (χ1v) is 6.76. The van der Waals surface area contributed by atoms with Crippen molar-refractivity contribution in [2.75, 3.05) is 13.2 Å². The van der Waals surface area contributed by atoms with Crippen LogP contribution < -0.4 is 0 Å². The normalized spacial score (nSPS) is 22.4. The predicted molar refractivity (Wildman–Crippen MR) is 64.9 cm³/mol. The van der Waals surface area contributed by atoms with Crippen LogP contribution in [0.3, 0.4) is 0 Å². The molecule has 106 valence electrons. The van der Waals surface area contributed by atoms with E-state index in [1.165, 1.54) is 0 Å². The highest BCUT2D eigenvalue weighted by molar-refractivity contribution is 5.97. The minimum absolute atomic E-state index is 0.225. The average Bonchev–Trinajstić information content (AvgIpc) is 2.82. The largest absolute Gasteiger partial charge is 0.453 e. The van der Waals surface area contributed by atoms with Gasteiger partial charge in [0.25, 0.3) is 5.91 Å². The Morgan fingerprint density at radius 2 is 1.89 bits per heavy atom. The molecule has 2 rings (SSSR count). The van der Waals surface area contributed by atoms with E-state index in [-0.39, 0.29) is 5.91 Å². The summed E-state index contributed by atoms with van der Waals surface area (Å²) in [6, 6.07) is 0. The maximum absolute atomic E-state index is 11.8. The third-order valence-corrected chi connectivity index (χ3v) is 3.76. The molecular formula is C13H19NO5. The number of ether oxygens (including phenoxy) is 1. The van der Waals surface area contributed by atoms with E-state index in [4.69, 9.17) is 4.74 Å². The lowest BCUT2D eigenvalue weighted by atomic mass is 9.85. The van der Waals surface area contributed by atoms with Crippen molar-refractivity contribution >= 4 is 17.8 Å². The van der Waals surface area contributed by atoms with Crippen LogP contribution in [0.5, 0.6) is 0 Å². The molecule has 1 aliphatic carbocycles. The molecule has 0 atom stereocenters. The molecule has 0 aromatic carbocycles. The molecule has 2 aliphatic rings. The van der Waals surface area contributed by atoms with Crippen molar-refractivity contribution in [2.45, 2.75) is 50.5 Å². The Morgan fingerprint density at radius 1 is 1.21 bits per heavy atom. The number of hydrogen-bond acceptors (Lipinski definition) is 5. The van der Waals surface area contributed by atoms with Gasteiger partial charge in [0.05, 0.1) is 0 Å². The first-order chi connectivity index (χ1) is 9.03. The van der Waals surface area contributed by atoms with E-state index in [9.17, 15) is 19.5 Å². The Labute approximate surface area is 111 Å². The fourth-order valence-corrected chi connectivity index (χ4v) is 2.59. The molecule has 1 heterocycles. The predicted octanol–water partition coefficient (Wildman–Crippen LogP) is 0.374. The number of hydrogen-bond donors (Lipinski definition) is 1. The molecule has 19 heavy (non-hydrogen) atoms. The van der Waals surface area contributed by atoms with Crippen LogP contribution in [0.2, 0.25) is 0 Å². The third kappa shape index (κ3) is 3.12. The van der Waals surface area contributed by atoms with Crippen molar-refractivity contribution < 1.29 is 24.2 Å². The molecule has 1 N–H and O–H groups in total. The highest BCUT2D eigenvalue weighted by atomic mass is 16.6. The number of imide groups is 1. The van der Waals surface area contributed by atoms with Crippen LogP contribution in [0.1, 0.15) is 44.9 Å². The van der Waals surface area contributed by atoms with Gasteiger partial charge in [-0.05, 0) is 32.1 Å². The maximum atomic E-state index is 11.8. The standard InChI is InChI=1S/C13H19NO5/c15-10-5-4-8-14(10)11(16)9-19-12(17)13(18)6-2-1-3-7-13/h18H,1-9H2. The van der Waals surface area contributed by atoms with E-state index in [2.05, 4.69) is 0 Å². The summed E-state index contributed by atoms with van der Waals surface area (Å²) in [5, 5.41) is 10.1. The van der Waals surface area contributed by atoms with Crippen LogP contribution in [0.4, 0.5) is 0 Å². The molecule has 0 bridgehead atoms. The minimum atomic E-state index is -1.45. The second-order valence-corrected chi connectivity index (χ2v) is 5.21. The van der Waals surface area contributed by atoms with E-state index in [1.807, 2.05) is 0 Å². The zero-order chi connectivity index (χ0) is 13.9. The molecule has 0 spiro atoms. The zero-order valence-electron chi connectivity index (χ0n) is 10.9. The molecule has 1 saturated carbocycles. The van der Waals surface area contributed by atoms with Gasteiger partial charge in [-0.1, -0.05) is 6.42 Å². The lowest BCUT2D eigenvalue weighted by molar-refractivity contribution is -0.172. The molecule has 0 aromatic heterocycles. The Balaban J connectivity index is 1.83. The van der Waals surface area contributed by atoms with Crippen LogP contribution in [-0.2, 0) is 19.1 Å². The van der Waals surface area contributed by atoms with Gasteiger partial charge in [0, 0.05) is 13.0 Å². The van der Waals surface area contributed by atoms with Gasteiger partial charge >= 0.3 is 5.97 Å². The van der Waals surface area contributed by atoms with Gasteiger partial charge < -0.3 is 9.84 Å². The molecule has 1 aliphatic heterocycles. The number of likely N-dealkylation sites (tertiary alicyclic amines) is 1. The summed E-state index contributed by atoms with van der Waals surface area (Å²) < 4.78 is 4.87. The molecule has 0 unspecified atom stereocenters. The van der Waals surface area contributed by atoms with Crippen LogP contribution in [0.25, 0.3) is 0 Å². The summed E-state index contributed by atoms with van der Waals surface area (Å²) >= 11 is 0. The summed E-state index contributed by atoms with van der Waals surface area (Å²) in [5.41, 5.74) is -1.45. The van der Waals surface area contributed by atoms with Crippen LogP contribution in [0, 0.1) is 0 Å². The van der Waals surface area contributed by atoms with Crippen molar-refractivity contribution in [1.82, 2.24) is 4.90 Å². The van der Waals surface area contributed by atoms with Crippen molar-refractivity contribution in [3.05, 3.63) is 0 Å². The van der Waals surface area contributed by atoms with Crippen LogP contribution in [-0.4, -0.2) is 46.5 Å². The summed E-state index contributed by atoms with van der Waals surface area (Å²) in [6.07, 6.45) is 4.34. The van der Waals surface area contributed by atoms with E-state index in [0.717, 1.165) is 24.2 Å². The van der Waals surface area contributed by atoms with Gasteiger partial charge in [-0.3, -0.25) is 14.5 Å². The number of nitrogens with zero attached hydrogens (tertiary/aromatic N) is 1. The number of aliphatic hydroxyl groups is 1. The fraction of sp³-hybridized carbons (Fsp3) is 0.769. The first-order valence-electron chi connectivity index (χ1n) is 6.76. The molecule has 2 amide bonds. The third-order valence-electron chi connectivity index (χ3n) is 3.76. The fourth-order valence-electron chi connectivity index (χ4n) is 2.59. The Morgan fingerprint density at radius 3 is 2.47 bits per heavy atom. The van der Waals surface area contributed by atoms with Gasteiger partial charge in [-0.15, -0.1) is 0 Å². The molecule has 2 fully saturated rings. The number of carbonyl (C=O) groups excluding carboxylic acids is 3. The molecular weight excluding hydrogens is 250 g/mol. The van der Waals surface area contributed by atoms with Gasteiger partial charge in [-0.25, -0.2) is 4.79 Å². The van der Waals surface area contributed by atoms with Gasteiger partial charge in [0.1, 0.15) is 0 Å². The molecule has 1 saturated heterocycles. The number of esters is 1. The van der Waals surface area contributed by atoms with Crippen molar-refractivity contribution in [2.24, 2.45) is 0 Å². The monoisotopic (exact) mass is 269 g/mol. The Hall–Kier alpha value is -1.43. The highest BCUT2D eigenvalue weighted by Gasteiger charge is 2.39. The van der Waals surface area contributed by atoms with Gasteiger partial charge in [-0.2, -0.15) is 0 Å². The van der Waals surface area contributed by atoms with Gasteiger partial charge in [0.2, 0.25) is 5.91 Å². The van der Waals surface area contributed by atoms with Gasteiger partial charge in [0.15, 0.2) is 12.2 Å². The highest BCUT2D eigenvalue weighted by Crippen LogP contribution is 2.29. The Kier molecular flexibility index (Phi) is 4.19. The molecule has 0 radical (unpaired) electrons. The quantitative estimate of drug-likeness (QED) is 0.748. The van der Waals surface area contributed by atoms with E-state index in [0.29, 0.717) is 32.2 Å². The van der Waals surface area contributed by atoms with E-state index >= 15 is 0 Å². The second-order valence-electron chi connectivity index (χ2n) is 5.21.